The summed E-state index contributed by atoms with van der Waals surface area (Å²) in [5.74, 6) is 1.31. The average Bonchev–Trinajstić information content (AvgIpc) is 3.36. The molecule has 2 aromatic carbocycles. The highest BCUT2D eigenvalue weighted by Gasteiger charge is 2.35. The van der Waals surface area contributed by atoms with Gasteiger partial charge >= 0.3 is 0 Å². The van der Waals surface area contributed by atoms with E-state index in [2.05, 4.69) is 90.6 Å². The Morgan fingerprint density at radius 1 is 0.850 bits per heavy atom. The van der Waals surface area contributed by atoms with E-state index in [1.165, 1.54) is 23.2 Å². The van der Waals surface area contributed by atoms with Crippen LogP contribution in [-0.4, -0.2) is 83.5 Å². The summed E-state index contributed by atoms with van der Waals surface area (Å²) < 4.78 is 0. The molecular weight excluding hydrogens is 496 g/mol. The van der Waals surface area contributed by atoms with Gasteiger partial charge in [0.05, 0.1) is 0 Å². The number of nitrogens with one attached hydrogen (secondary N) is 1. The Morgan fingerprint density at radius 2 is 1.62 bits per heavy atom. The van der Waals surface area contributed by atoms with Crippen molar-refractivity contribution in [3.63, 3.8) is 0 Å². The Balaban J connectivity index is 1.13. The molecule has 2 atom stereocenters. The molecule has 2 saturated heterocycles. The number of fused-ring (bicyclic) bond motifs is 3. The van der Waals surface area contributed by atoms with Gasteiger partial charge in [0.15, 0.2) is 0 Å². The number of rotatable bonds is 6. The number of anilines is 2. The Morgan fingerprint density at radius 3 is 2.45 bits per heavy atom. The minimum absolute atomic E-state index is 0.268. The lowest BCUT2D eigenvalue weighted by atomic mass is 10.1. The summed E-state index contributed by atoms with van der Waals surface area (Å²) in [5.41, 5.74) is 3.73. The standard InChI is InChI=1S/C33H42N6O/c40-33(16-19-36-20-22-37(23-21-36)32-12-6-7-17-35-32)38-25-28-10-4-5-11-31(28)34-18-15-29-13-14-30(26-38)39(29)24-27-8-2-1-3-9-27/h1-12,17,29-30,34H,13-16,18-26H2/t29-,30+/m0/s1. The Labute approximate surface area is 238 Å². The molecule has 6 rings (SSSR count). The molecule has 0 aliphatic carbocycles. The third-order valence-electron chi connectivity index (χ3n) is 8.92. The first-order chi connectivity index (χ1) is 19.7. The lowest BCUT2D eigenvalue weighted by molar-refractivity contribution is -0.133. The van der Waals surface area contributed by atoms with Gasteiger partial charge in [0.1, 0.15) is 5.82 Å². The van der Waals surface area contributed by atoms with Gasteiger partial charge in [0.25, 0.3) is 0 Å². The summed E-state index contributed by atoms with van der Waals surface area (Å²) >= 11 is 0. The van der Waals surface area contributed by atoms with Crippen LogP contribution in [0.4, 0.5) is 11.5 Å². The van der Waals surface area contributed by atoms with E-state index >= 15 is 0 Å². The van der Waals surface area contributed by atoms with Crippen LogP contribution in [0.2, 0.25) is 0 Å². The average molecular weight is 539 g/mol. The highest BCUT2D eigenvalue weighted by molar-refractivity contribution is 5.76. The number of carbonyl (C=O) groups is 1. The van der Waals surface area contributed by atoms with Gasteiger partial charge < -0.3 is 15.1 Å². The molecule has 0 saturated carbocycles. The first-order valence-electron chi connectivity index (χ1n) is 15.0. The highest BCUT2D eigenvalue weighted by atomic mass is 16.2. The van der Waals surface area contributed by atoms with E-state index < -0.39 is 0 Å². The van der Waals surface area contributed by atoms with Crippen molar-refractivity contribution < 1.29 is 4.79 Å². The largest absolute Gasteiger partial charge is 0.385 e. The van der Waals surface area contributed by atoms with Crippen LogP contribution >= 0.6 is 0 Å². The molecule has 4 heterocycles. The number of aromatic nitrogens is 1. The second kappa shape index (κ2) is 12.8. The molecule has 2 fully saturated rings. The molecule has 1 N–H and O–H groups in total. The van der Waals surface area contributed by atoms with Gasteiger partial charge in [0.2, 0.25) is 5.91 Å². The maximum Gasteiger partial charge on any atom is 0.224 e. The molecule has 0 radical (unpaired) electrons. The number of benzene rings is 2. The number of hydrogen-bond acceptors (Lipinski definition) is 6. The predicted octanol–water partition coefficient (Wildman–Crippen LogP) is 4.47. The van der Waals surface area contributed by atoms with Crippen LogP contribution in [0.1, 0.15) is 36.8 Å². The van der Waals surface area contributed by atoms with Crippen LogP contribution in [0.3, 0.4) is 0 Å². The number of nitrogens with zero attached hydrogens (tertiary/aromatic N) is 5. The monoisotopic (exact) mass is 538 g/mol. The normalized spacial score (nSPS) is 22.3. The van der Waals surface area contributed by atoms with Gasteiger partial charge in [-0.3, -0.25) is 14.6 Å². The summed E-state index contributed by atoms with van der Waals surface area (Å²) in [6.07, 6.45) is 5.89. The molecule has 3 aliphatic rings. The molecule has 7 nitrogen and oxygen atoms in total. The van der Waals surface area contributed by atoms with E-state index in [1.807, 2.05) is 18.3 Å². The zero-order valence-electron chi connectivity index (χ0n) is 23.5. The van der Waals surface area contributed by atoms with E-state index in [0.29, 0.717) is 25.0 Å². The predicted molar refractivity (Wildman–Crippen MR) is 161 cm³/mol. The summed E-state index contributed by atoms with van der Waals surface area (Å²) in [5, 5.41) is 3.71. The van der Waals surface area contributed by atoms with Crippen molar-refractivity contribution in [1.29, 1.82) is 0 Å². The molecular formula is C33H42N6O. The van der Waals surface area contributed by atoms with Gasteiger partial charge in [-0.25, -0.2) is 4.98 Å². The minimum atomic E-state index is 0.268. The summed E-state index contributed by atoms with van der Waals surface area (Å²) in [7, 11) is 0. The maximum absolute atomic E-state index is 13.9. The maximum atomic E-state index is 13.9. The van der Waals surface area contributed by atoms with E-state index in [1.54, 1.807) is 0 Å². The van der Waals surface area contributed by atoms with Gasteiger partial charge in [-0.15, -0.1) is 0 Å². The second-order valence-corrected chi connectivity index (χ2v) is 11.5. The number of hydrogen-bond donors (Lipinski definition) is 1. The lowest BCUT2D eigenvalue weighted by Gasteiger charge is -2.36. The number of piperazine rings is 1. The topological polar surface area (TPSA) is 55.0 Å². The molecule has 1 aromatic heterocycles. The first kappa shape index (κ1) is 26.8. The summed E-state index contributed by atoms with van der Waals surface area (Å²) in [6, 6.07) is 26.4. The Hall–Kier alpha value is -3.42. The fourth-order valence-corrected chi connectivity index (χ4v) is 6.65. The van der Waals surface area contributed by atoms with Crippen LogP contribution in [0.15, 0.2) is 79.0 Å². The van der Waals surface area contributed by atoms with Crippen molar-refractivity contribution in [2.45, 2.75) is 50.9 Å². The number of pyridine rings is 1. The van der Waals surface area contributed by atoms with Crippen LogP contribution in [0, 0.1) is 0 Å². The number of carbonyl (C=O) groups excluding carboxylic acids is 1. The third-order valence-corrected chi connectivity index (χ3v) is 8.92. The molecule has 210 valence electrons. The lowest BCUT2D eigenvalue weighted by Crippen LogP contribution is -2.48. The molecule has 1 amide bonds. The third kappa shape index (κ3) is 6.48. The Bertz CT molecular complexity index is 1230. The highest BCUT2D eigenvalue weighted by Crippen LogP contribution is 2.31. The van der Waals surface area contributed by atoms with Crippen molar-refractivity contribution in [2.75, 3.05) is 56.0 Å². The Kier molecular flexibility index (Phi) is 8.59. The summed E-state index contributed by atoms with van der Waals surface area (Å²) in [6.45, 7) is 8.01. The van der Waals surface area contributed by atoms with Crippen molar-refractivity contribution in [1.82, 2.24) is 19.7 Å². The fraction of sp³-hybridized carbons (Fsp3) is 0.455. The van der Waals surface area contributed by atoms with E-state index in [-0.39, 0.29) is 5.91 Å². The van der Waals surface area contributed by atoms with Crippen LogP contribution in [0.25, 0.3) is 0 Å². The molecule has 0 spiro atoms. The van der Waals surface area contributed by atoms with Crippen molar-refractivity contribution in [3.8, 4) is 0 Å². The molecule has 0 unspecified atom stereocenters. The minimum Gasteiger partial charge on any atom is -0.385 e. The smallest absolute Gasteiger partial charge is 0.224 e. The van der Waals surface area contributed by atoms with E-state index in [4.69, 9.17) is 0 Å². The van der Waals surface area contributed by atoms with Gasteiger partial charge in [-0.1, -0.05) is 54.6 Å². The summed E-state index contributed by atoms with van der Waals surface area (Å²) in [4.78, 5) is 28.0. The molecule has 3 aliphatic heterocycles. The van der Waals surface area contributed by atoms with Crippen molar-refractivity contribution in [3.05, 3.63) is 90.1 Å². The molecule has 40 heavy (non-hydrogen) atoms. The zero-order chi connectivity index (χ0) is 27.1. The van der Waals surface area contributed by atoms with Gasteiger partial charge in [-0.2, -0.15) is 0 Å². The zero-order valence-corrected chi connectivity index (χ0v) is 23.5. The van der Waals surface area contributed by atoms with Gasteiger partial charge in [-0.05, 0) is 48.6 Å². The molecule has 7 heteroatoms. The van der Waals surface area contributed by atoms with E-state index in [9.17, 15) is 4.79 Å². The van der Waals surface area contributed by atoms with Crippen LogP contribution in [-0.2, 0) is 17.9 Å². The molecule has 2 bridgehead atoms. The van der Waals surface area contributed by atoms with Crippen LogP contribution in [0.5, 0.6) is 0 Å². The fourth-order valence-electron chi connectivity index (χ4n) is 6.65. The second-order valence-electron chi connectivity index (χ2n) is 11.5. The number of amides is 1. The van der Waals surface area contributed by atoms with Crippen LogP contribution < -0.4 is 10.2 Å². The quantitative estimate of drug-likeness (QED) is 0.500. The van der Waals surface area contributed by atoms with Crippen molar-refractivity contribution in [2.24, 2.45) is 0 Å². The van der Waals surface area contributed by atoms with Gasteiger partial charge in [0, 0.05) is 89.3 Å². The van der Waals surface area contributed by atoms with E-state index in [0.717, 1.165) is 71.0 Å². The number of para-hydroxylation sites is 1. The first-order valence-corrected chi connectivity index (χ1v) is 15.0. The molecule has 3 aromatic rings. The van der Waals surface area contributed by atoms with Crippen molar-refractivity contribution >= 4 is 17.4 Å². The SMILES string of the molecule is O=C(CCN1CCN(c2ccccn2)CC1)N1Cc2ccccc2NCC[C@@H]2CC[C@H](C1)N2Cc1ccccc1.